The van der Waals surface area contributed by atoms with Crippen molar-refractivity contribution in [2.75, 3.05) is 46.3 Å². The van der Waals surface area contributed by atoms with Crippen molar-refractivity contribution in [1.82, 2.24) is 10.2 Å². The Hall–Kier alpha value is -1.10. The van der Waals surface area contributed by atoms with Crippen molar-refractivity contribution in [2.45, 2.75) is 13.8 Å². The summed E-state index contributed by atoms with van der Waals surface area (Å²) in [6.45, 7) is 8.40. The van der Waals surface area contributed by atoms with Gasteiger partial charge >= 0.3 is 0 Å². The zero-order valence-electron chi connectivity index (χ0n) is 10.5. The lowest BCUT2D eigenvalue weighted by Gasteiger charge is -2.41. The number of amides is 2. The molecule has 1 aliphatic rings. The molecule has 0 bridgehead atoms. The lowest BCUT2D eigenvalue weighted by Crippen LogP contribution is -2.59. The first-order chi connectivity index (χ1) is 7.43. The molecule has 1 fully saturated rings. The second-order valence-corrected chi connectivity index (χ2v) is 4.78. The van der Waals surface area contributed by atoms with Gasteiger partial charge in [0, 0.05) is 13.8 Å². The van der Waals surface area contributed by atoms with E-state index in [-0.39, 0.29) is 11.8 Å². The minimum absolute atomic E-state index is 0.0222. The average molecular weight is 228 g/mol. The van der Waals surface area contributed by atoms with Crippen LogP contribution in [-0.2, 0) is 9.59 Å². The highest BCUT2D eigenvalue weighted by Crippen LogP contribution is 2.09. The van der Waals surface area contributed by atoms with Crippen LogP contribution in [0.4, 0.5) is 0 Å². The van der Waals surface area contributed by atoms with Crippen molar-refractivity contribution < 1.29 is 14.1 Å². The highest BCUT2D eigenvalue weighted by atomic mass is 16.2. The van der Waals surface area contributed by atoms with Gasteiger partial charge in [-0.1, -0.05) is 0 Å². The smallest absolute Gasteiger partial charge is 0.219 e. The summed E-state index contributed by atoms with van der Waals surface area (Å²) in [4.78, 5) is 23.8. The number of nitrogens with one attached hydrogen (secondary N) is 1. The number of hydrogen-bond acceptors (Lipinski definition) is 2. The minimum atomic E-state index is 0.0222. The van der Waals surface area contributed by atoms with Gasteiger partial charge in [-0.2, -0.15) is 0 Å². The Morgan fingerprint density at radius 1 is 1.25 bits per heavy atom. The molecule has 1 N–H and O–H groups in total. The van der Waals surface area contributed by atoms with Gasteiger partial charge in [0.2, 0.25) is 11.8 Å². The first kappa shape index (κ1) is 13.0. The molecule has 0 atom stereocenters. The summed E-state index contributed by atoms with van der Waals surface area (Å²) in [5.74, 6) is 0.182. The molecule has 2 amide bonds. The zero-order valence-corrected chi connectivity index (χ0v) is 10.5. The van der Waals surface area contributed by atoms with Gasteiger partial charge in [0.15, 0.2) is 0 Å². The summed E-state index contributed by atoms with van der Waals surface area (Å²) >= 11 is 0. The van der Waals surface area contributed by atoms with E-state index in [9.17, 15) is 9.59 Å². The van der Waals surface area contributed by atoms with Crippen molar-refractivity contribution in [3.05, 3.63) is 0 Å². The van der Waals surface area contributed by atoms with Gasteiger partial charge in [-0.25, -0.2) is 0 Å². The molecule has 0 unspecified atom stereocenters. The Labute approximate surface area is 97.0 Å². The van der Waals surface area contributed by atoms with Gasteiger partial charge < -0.3 is 14.7 Å². The summed E-state index contributed by atoms with van der Waals surface area (Å²) in [5, 5.41) is 2.82. The van der Waals surface area contributed by atoms with E-state index in [2.05, 4.69) is 12.4 Å². The summed E-state index contributed by atoms with van der Waals surface area (Å²) in [6, 6.07) is 0. The number of piperazine rings is 1. The van der Waals surface area contributed by atoms with E-state index in [1.165, 1.54) is 6.92 Å². The van der Waals surface area contributed by atoms with E-state index in [0.717, 1.165) is 37.2 Å². The molecule has 16 heavy (non-hydrogen) atoms. The van der Waals surface area contributed by atoms with E-state index < -0.39 is 0 Å². The predicted molar refractivity (Wildman–Crippen MR) is 61.7 cm³/mol. The van der Waals surface area contributed by atoms with Crippen LogP contribution in [0.1, 0.15) is 13.8 Å². The van der Waals surface area contributed by atoms with Crippen molar-refractivity contribution >= 4 is 11.8 Å². The van der Waals surface area contributed by atoms with Gasteiger partial charge in [-0.3, -0.25) is 9.59 Å². The molecule has 0 aromatic carbocycles. The molecule has 1 rings (SSSR count). The van der Waals surface area contributed by atoms with Crippen molar-refractivity contribution in [1.29, 1.82) is 0 Å². The topological polar surface area (TPSA) is 49.4 Å². The molecule has 1 heterocycles. The first-order valence-corrected chi connectivity index (χ1v) is 5.76. The molecule has 0 saturated carbocycles. The lowest BCUT2D eigenvalue weighted by molar-refractivity contribution is -0.912. The van der Waals surface area contributed by atoms with Gasteiger partial charge in [-0.15, -0.1) is 0 Å². The maximum Gasteiger partial charge on any atom is 0.219 e. The Morgan fingerprint density at radius 2 is 1.81 bits per heavy atom. The van der Waals surface area contributed by atoms with E-state index >= 15 is 0 Å². The standard InChI is InChI=1S/C11H21N3O2/c1-10(15)12-4-7-14(3)8-5-13(6-9-14)11(2)16/h4-9H2,1-3H3/p+1. The molecule has 0 aromatic heterocycles. The Bertz CT molecular complexity index is 265. The number of carbonyl (C=O) groups is 2. The largest absolute Gasteiger partial charge is 0.351 e. The predicted octanol–water partition coefficient (Wildman–Crippen LogP) is -0.569. The number of quaternary nitrogens is 1. The van der Waals surface area contributed by atoms with Crippen LogP contribution in [-0.4, -0.2) is 67.5 Å². The Kier molecular flexibility index (Phi) is 4.29. The fourth-order valence-electron chi connectivity index (χ4n) is 1.99. The molecule has 5 nitrogen and oxygen atoms in total. The molecule has 92 valence electrons. The molecular weight excluding hydrogens is 206 g/mol. The van der Waals surface area contributed by atoms with Crippen LogP contribution >= 0.6 is 0 Å². The second-order valence-electron chi connectivity index (χ2n) is 4.78. The van der Waals surface area contributed by atoms with Crippen LogP contribution in [0.25, 0.3) is 0 Å². The lowest BCUT2D eigenvalue weighted by atomic mass is 10.2. The van der Waals surface area contributed by atoms with Crippen LogP contribution in [0.15, 0.2) is 0 Å². The van der Waals surface area contributed by atoms with Crippen molar-refractivity contribution in [3.8, 4) is 0 Å². The van der Waals surface area contributed by atoms with E-state index in [4.69, 9.17) is 0 Å². The quantitative estimate of drug-likeness (QED) is 0.658. The molecule has 0 spiro atoms. The van der Waals surface area contributed by atoms with Crippen LogP contribution in [0.2, 0.25) is 0 Å². The number of nitrogens with zero attached hydrogens (tertiary/aromatic N) is 2. The van der Waals surface area contributed by atoms with E-state index in [0.29, 0.717) is 6.54 Å². The molecule has 1 saturated heterocycles. The summed E-state index contributed by atoms with van der Waals surface area (Å²) in [7, 11) is 2.18. The number of likely N-dealkylation sites (N-methyl/N-ethyl adjacent to an activating group) is 1. The highest BCUT2D eigenvalue weighted by Gasteiger charge is 2.29. The number of hydrogen-bond donors (Lipinski definition) is 1. The average Bonchev–Trinajstić information content (AvgIpc) is 2.17. The van der Waals surface area contributed by atoms with Crippen LogP contribution in [0.5, 0.6) is 0 Å². The molecular formula is C11H22N3O2+. The second kappa shape index (κ2) is 5.30. The van der Waals surface area contributed by atoms with Crippen LogP contribution in [0.3, 0.4) is 0 Å². The summed E-state index contributed by atoms with van der Waals surface area (Å²) in [5.41, 5.74) is 0. The number of rotatable bonds is 3. The van der Waals surface area contributed by atoms with Crippen LogP contribution < -0.4 is 5.32 Å². The maximum atomic E-state index is 11.2. The summed E-state index contributed by atoms with van der Waals surface area (Å²) < 4.78 is 0.935. The van der Waals surface area contributed by atoms with Gasteiger partial charge in [0.25, 0.3) is 0 Å². The normalized spacial score (nSPS) is 19.3. The third-order valence-corrected chi connectivity index (χ3v) is 3.29. The first-order valence-electron chi connectivity index (χ1n) is 5.76. The monoisotopic (exact) mass is 228 g/mol. The molecule has 0 aliphatic carbocycles. The Balaban J connectivity index is 2.32. The van der Waals surface area contributed by atoms with E-state index in [1.807, 2.05) is 4.90 Å². The fraction of sp³-hybridized carbons (Fsp3) is 0.818. The van der Waals surface area contributed by atoms with Gasteiger partial charge in [-0.05, 0) is 0 Å². The molecule has 1 aliphatic heterocycles. The number of carbonyl (C=O) groups excluding carboxylic acids is 2. The molecule has 0 radical (unpaired) electrons. The van der Waals surface area contributed by atoms with Gasteiger partial charge in [0.05, 0.1) is 46.3 Å². The van der Waals surface area contributed by atoms with E-state index in [1.54, 1.807) is 6.92 Å². The third-order valence-electron chi connectivity index (χ3n) is 3.29. The Morgan fingerprint density at radius 3 is 2.25 bits per heavy atom. The zero-order chi connectivity index (χ0) is 12.2. The fourth-order valence-corrected chi connectivity index (χ4v) is 1.99. The van der Waals surface area contributed by atoms with Crippen LogP contribution in [0, 0.1) is 0 Å². The third kappa shape index (κ3) is 3.81. The maximum absolute atomic E-state index is 11.2. The van der Waals surface area contributed by atoms with Gasteiger partial charge in [0.1, 0.15) is 0 Å². The molecule has 0 aromatic rings. The SMILES string of the molecule is CC(=O)NCC[N+]1(C)CCN(C(C)=O)CC1. The molecule has 5 heteroatoms. The van der Waals surface area contributed by atoms with Crippen molar-refractivity contribution in [2.24, 2.45) is 0 Å². The summed E-state index contributed by atoms with van der Waals surface area (Å²) in [6.07, 6.45) is 0. The highest BCUT2D eigenvalue weighted by molar-refractivity contribution is 5.73. The van der Waals surface area contributed by atoms with Crippen molar-refractivity contribution in [3.63, 3.8) is 0 Å². The minimum Gasteiger partial charge on any atom is -0.351 e.